The SMILES string of the molecule is CCCNc1nnc(CN(C)C2CCCCC2)s1. The van der Waals surface area contributed by atoms with Gasteiger partial charge in [-0.25, -0.2) is 0 Å². The van der Waals surface area contributed by atoms with E-state index in [1.165, 1.54) is 32.1 Å². The molecule has 0 bridgehead atoms. The van der Waals surface area contributed by atoms with Crippen LogP contribution in [-0.2, 0) is 6.54 Å². The van der Waals surface area contributed by atoms with Gasteiger partial charge in [-0.1, -0.05) is 37.5 Å². The maximum Gasteiger partial charge on any atom is 0.205 e. The standard InChI is InChI=1S/C13H24N4S/c1-3-9-14-13-16-15-12(18-13)10-17(2)11-7-5-4-6-8-11/h11H,3-10H2,1-2H3,(H,14,16). The summed E-state index contributed by atoms with van der Waals surface area (Å²) in [7, 11) is 2.22. The van der Waals surface area contributed by atoms with E-state index in [0.29, 0.717) is 0 Å². The molecule has 5 heteroatoms. The zero-order valence-corrected chi connectivity index (χ0v) is 12.3. The van der Waals surface area contributed by atoms with Crippen LogP contribution in [0, 0.1) is 0 Å². The Morgan fingerprint density at radius 1 is 1.28 bits per heavy atom. The largest absolute Gasteiger partial charge is 0.360 e. The second kappa shape index (κ2) is 7.04. The molecule has 102 valence electrons. The minimum Gasteiger partial charge on any atom is -0.360 e. The molecule has 0 aliphatic heterocycles. The van der Waals surface area contributed by atoms with E-state index < -0.39 is 0 Å². The molecular formula is C13H24N4S. The number of anilines is 1. The molecule has 0 atom stereocenters. The third kappa shape index (κ3) is 3.92. The first-order chi connectivity index (χ1) is 8.79. The maximum atomic E-state index is 4.27. The number of hydrogen-bond donors (Lipinski definition) is 1. The van der Waals surface area contributed by atoms with Crippen LogP contribution in [0.5, 0.6) is 0 Å². The van der Waals surface area contributed by atoms with Gasteiger partial charge in [-0.15, -0.1) is 10.2 Å². The van der Waals surface area contributed by atoms with Gasteiger partial charge in [0, 0.05) is 12.6 Å². The van der Waals surface area contributed by atoms with Gasteiger partial charge in [-0.2, -0.15) is 0 Å². The smallest absolute Gasteiger partial charge is 0.205 e. The molecule has 0 aromatic carbocycles. The van der Waals surface area contributed by atoms with Crippen molar-refractivity contribution in [3.05, 3.63) is 5.01 Å². The van der Waals surface area contributed by atoms with Crippen LogP contribution in [-0.4, -0.2) is 34.7 Å². The van der Waals surface area contributed by atoms with E-state index in [0.717, 1.165) is 35.7 Å². The lowest BCUT2D eigenvalue weighted by molar-refractivity contribution is 0.184. The van der Waals surface area contributed by atoms with E-state index >= 15 is 0 Å². The molecule has 0 spiro atoms. The molecule has 1 heterocycles. The van der Waals surface area contributed by atoms with Crippen LogP contribution >= 0.6 is 11.3 Å². The number of hydrogen-bond acceptors (Lipinski definition) is 5. The van der Waals surface area contributed by atoms with Gasteiger partial charge >= 0.3 is 0 Å². The number of nitrogens with one attached hydrogen (secondary N) is 1. The summed E-state index contributed by atoms with van der Waals surface area (Å²) in [6.07, 6.45) is 7.99. The highest BCUT2D eigenvalue weighted by Crippen LogP contribution is 2.24. The monoisotopic (exact) mass is 268 g/mol. The van der Waals surface area contributed by atoms with Gasteiger partial charge in [0.25, 0.3) is 0 Å². The normalized spacial score (nSPS) is 17.3. The van der Waals surface area contributed by atoms with Crippen LogP contribution in [0.25, 0.3) is 0 Å². The van der Waals surface area contributed by atoms with Gasteiger partial charge in [-0.3, -0.25) is 4.90 Å². The van der Waals surface area contributed by atoms with Crippen LogP contribution in [0.3, 0.4) is 0 Å². The highest BCUT2D eigenvalue weighted by molar-refractivity contribution is 7.15. The van der Waals surface area contributed by atoms with Crippen LogP contribution in [0.1, 0.15) is 50.5 Å². The Morgan fingerprint density at radius 3 is 2.78 bits per heavy atom. The molecule has 0 radical (unpaired) electrons. The quantitative estimate of drug-likeness (QED) is 0.860. The van der Waals surface area contributed by atoms with Gasteiger partial charge in [0.15, 0.2) is 0 Å². The fraction of sp³-hybridized carbons (Fsp3) is 0.846. The summed E-state index contributed by atoms with van der Waals surface area (Å²) in [6, 6.07) is 0.745. The lowest BCUT2D eigenvalue weighted by Gasteiger charge is -2.30. The first-order valence-electron chi connectivity index (χ1n) is 7.06. The van der Waals surface area contributed by atoms with Crippen molar-refractivity contribution in [2.24, 2.45) is 0 Å². The fourth-order valence-corrected chi connectivity index (χ4v) is 3.31. The Balaban J connectivity index is 1.82. The van der Waals surface area contributed by atoms with Crippen molar-refractivity contribution in [3.8, 4) is 0 Å². The maximum absolute atomic E-state index is 4.27. The third-order valence-electron chi connectivity index (χ3n) is 3.58. The molecule has 1 aliphatic rings. The van der Waals surface area contributed by atoms with Crippen LogP contribution in [0.15, 0.2) is 0 Å². The average Bonchev–Trinajstić information content (AvgIpc) is 2.85. The fourth-order valence-electron chi connectivity index (χ4n) is 2.49. The van der Waals surface area contributed by atoms with Gasteiger partial charge in [0.2, 0.25) is 5.13 Å². The molecule has 1 aliphatic carbocycles. The van der Waals surface area contributed by atoms with Crippen molar-refractivity contribution >= 4 is 16.5 Å². The molecule has 4 nitrogen and oxygen atoms in total. The van der Waals surface area contributed by atoms with Crippen LogP contribution in [0.2, 0.25) is 0 Å². The summed E-state index contributed by atoms with van der Waals surface area (Å²) in [5.74, 6) is 0. The molecule has 0 saturated heterocycles. The molecule has 1 saturated carbocycles. The highest BCUT2D eigenvalue weighted by atomic mass is 32.1. The molecule has 0 amide bonds. The Hall–Kier alpha value is -0.680. The molecular weight excluding hydrogens is 244 g/mol. The molecule has 2 rings (SSSR count). The molecule has 1 aromatic rings. The van der Waals surface area contributed by atoms with E-state index in [1.807, 2.05) is 0 Å². The number of rotatable bonds is 6. The van der Waals surface area contributed by atoms with Crippen molar-refractivity contribution in [2.75, 3.05) is 18.9 Å². The zero-order chi connectivity index (χ0) is 12.8. The lowest BCUT2D eigenvalue weighted by atomic mass is 9.94. The minimum atomic E-state index is 0.745. The topological polar surface area (TPSA) is 41.1 Å². The Kier molecular flexibility index (Phi) is 5.38. The van der Waals surface area contributed by atoms with Gasteiger partial charge in [0.05, 0.1) is 6.54 Å². The summed E-state index contributed by atoms with van der Waals surface area (Å²) in [6.45, 7) is 4.08. The Bertz CT molecular complexity index is 347. The predicted octanol–water partition coefficient (Wildman–Crippen LogP) is 3.12. The van der Waals surface area contributed by atoms with E-state index in [9.17, 15) is 0 Å². The first kappa shape index (κ1) is 13.7. The average molecular weight is 268 g/mol. The van der Waals surface area contributed by atoms with Crippen LogP contribution in [0.4, 0.5) is 5.13 Å². The van der Waals surface area contributed by atoms with Crippen molar-refractivity contribution in [3.63, 3.8) is 0 Å². The Morgan fingerprint density at radius 2 is 2.06 bits per heavy atom. The summed E-state index contributed by atoms with van der Waals surface area (Å²) < 4.78 is 0. The van der Waals surface area contributed by atoms with E-state index in [1.54, 1.807) is 11.3 Å². The molecule has 1 fully saturated rings. The molecule has 0 unspecified atom stereocenters. The lowest BCUT2D eigenvalue weighted by Crippen LogP contribution is -2.32. The van der Waals surface area contributed by atoms with E-state index in [2.05, 4.69) is 34.4 Å². The molecule has 1 aromatic heterocycles. The predicted molar refractivity (Wildman–Crippen MR) is 77.0 cm³/mol. The van der Waals surface area contributed by atoms with Gasteiger partial charge < -0.3 is 5.32 Å². The minimum absolute atomic E-state index is 0.745. The van der Waals surface area contributed by atoms with Gasteiger partial charge in [0.1, 0.15) is 5.01 Å². The van der Waals surface area contributed by atoms with E-state index in [4.69, 9.17) is 0 Å². The van der Waals surface area contributed by atoms with E-state index in [-0.39, 0.29) is 0 Å². The van der Waals surface area contributed by atoms with Crippen molar-refractivity contribution < 1.29 is 0 Å². The number of aromatic nitrogens is 2. The summed E-state index contributed by atoms with van der Waals surface area (Å²) in [5.41, 5.74) is 0. The summed E-state index contributed by atoms with van der Waals surface area (Å²) >= 11 is 1.69. The van der Waals surface area contributed by atoms with Crippen LogP contribution < -0.4 is 5.32 Å². The van der Waals surface area contributed by atoms with Crippen molar-refractivity contribution in [1.29, 1.82) is 0 Å². The first-order valence-corrected chi connectivity index (χ1v) is 7.87. The zero-order valence-electron chi connectivity index (χ0n) is 11.5. The summed E-state index contributed by atoms with van der Waals surface area (Å²) in [4.78, 5) is 2.45. The molecule has 1 N–H and O–H groups in total. The van der Waals surface area contributed by atoms with Crippen molar-refractivity contribution in [2.45, 2.75) is 58.0 Å². The summed E-state index contributed by atoms with van der Waals surface area (Å²) in [5, 5.41) is 13.8. The number of nitrogens with zero attached hydrogens (tertiary/aromatic N) is 3. The van der Waals surface area contributed by atoms with Gasteiger partial charge in [-0.05, 0) is 26.3 Å². The molecule has 18 heavy (non-hydrogen) atoms. The third-order valence-corrected chi connectivity index (χ3v) is 4.44. The Labute approximate surface area is 114 Å². The second-order valence-corrected chi connectivity index (χ2v) is 6.20. The van der Waals surface area contributed by atoms with Crippen molar-refractivity contribution in [1.82, 2.24) is 15.1 Å². The second-order valence-electron chi connectivity index (χ2n) is 5.13. The highest BCUT2D eigenvalue weighted by Gasteiger charge is 2.19.